The van der Waals surface area contributed by atoms with E-state index in [1.807, 2.05) is 32.0 Å². The Morgan fingerprint density at radius 3 is 1.50 bits per heavy atom. The summed E-state index contributed by atoms with van der Waals surface area (Å²) in [6.07, 6.45) is 4.82. The van der Waals surface area contributed by atoms with E-state index in [9.17, 15) is 4.79 Å². The molecule has 0 unspecified atom stereocenters. The number of aryl methyl sites for hydroxylation is 1. The Hall–Kier alpha value is -1.75. The minimum Gasteiger partial charge on any atom is -0.481 e. The lowest BCUT2D eigenvalue weighted by Crippen LogP contribution is -1.86. The fraction of sp³-hybridized carbons (Fsp3) is 0.500. The second-order valence-corrected chi connectivity index (χ2v) is 2.69. The molecule has 1 N–H and O–H groups in total. The predicted molar refractivity (Wildman–Crippen MR) is 95.2 cm³/mol. The van der Waals surface area contributed by atoms with Gasteiger partial charge in [0, 0.05) is 6.42 Å². The third-order valence-corrected chi connectivity index (χ3v) is 1.24. The van der Waals surface area contributed by atoms with E-state index in [2.05, 4.69) is 31.4 Å². The van der Waals surface area contributed by atoms with Gasteiger partial charge in [-0.3, -0.25) is 4.79 Å². The highest BCUT2D eigenvalue weighted by Crippen LogP contribution is 1.92. The molecular formula is C18H36O2. The topological polar surface area (TPSA) is 37.3 Å². The molecule has 0 aromatic heterocycles. The van der Waals surface area contributed by atoms with E-state index in [0.29, 0.717) is 0 Å². The van der Waals surface area contributed by atoms with E-state index in [1.54, 1.807) is 13.8 Å². The summed E-state index contributed by atoms with van der Waals surface area (Å²) in [4.78, 5) is 9.37. The van der Waals surface area contributed by atoms with E-state index in [-0.39, 0.29) is 28.7 Å². The average Bonchev–Trinajstić information content (AvgIpc) is 2.34. The van der Waals surface area contributed by atoms with Crippen LogP contribution in [0.3, 0.4) is 0 Å². The summed E-state index contributed by atoms with van der Waals surface area (Å²) in [5.74, 6) is 1.50. The van der Waals surface area contributed by atoms with Crippen LogP contribution >= 0.6 is 0 Å². The monoisotopic (exact) mass is 284 g/mol. The summed E-state index contributed by atoms with van der Waals surface area (Å²) in [5.41, 5.74) is 1.32. The predicted octanol–water partition coefficient (Wildman–Crippen LogP) is 6.05. The Balaban J connectivity index is -0.0000000342. The molecule has 1 aromatic rings. The molecule has 0 bridgehead atoms. The molecule has 1 aromatic carbocycles. The van der Waals surface area contributed by atoms with E-state index in [1.165, 1.54) is 5.56 Å². The molecule has 0 fully saturated rings. The maximum absolute atomic E-state index is 9.37. The number of carbonyl (C=O) groups is 1. The van der Waals surface area contributed by atoms with Crippen LogP contribution in [0.25, 0.3) is 0 Å². The minimum absolute atomic E-state index is 0. The highest BCUT2D eigenvalue weighted by Gasteiger charge is 1.80. The zero-order valence-electron chi connectivity index (χ0n) is 11.5. The molecule has 0 aliphatic rings. The highest BCUT2D eigenvalue weighted by atomic mass is 16.4. The average molecular weight is 284 g/mol. The smallest absolute Gasteiger partial charge is 0.303 e. The molecule has 120 valence electrons. The molecule has 0 aliphatic heterocycles. The Morgan fingerprint density at radius 2 is 1.40 bits per heavy atom. The Morgan fingerprint density at radius 1 is 1.15 bits per heavy atom. The van der Waals surface area contributed by atoms with Crippen molar-refractivity contribution in [3.8, 4) is 12.3 Å². The van der Waals surface area contributed by atoms with Crippen molar-refractivity contribution >= 4 is 5.97 Å². The molecule has 0 saturated carbocycles. The normalized spacial score (nSPS) is 5.60. The Bertz CT molecular complexity index is 284. The standard InChI is InChI=1S/C7H8.C3H6O2.C3H4.C2H6.3CH4/c1-7-5-3-2-4-6-7;1-2-3(4)5;1-3-2;1-2;;;/h2-6H,1H3;2H2,1H3,(H,4,5);1H,2H3;1-2H3;3*1H4. The van der Waals surface area contributed by atoms with Crippen molar-refractivity contribution < 1.29 is 9.90 Å². The maximum Gasteiger partial charge on any atom is 0.303 e. The second kappa shape index (κ2) is 36.0. The fourth-order valence-corrected chi connectivity index (χ4v) is 0.534. The quantitative estimate of drug-likeness (QED) is 0.637. The van der Waals surface area contributed by atoms with E-state index in [0.717, 1.165) is 0 Å². The summed E-state index contributed by atoms with van der Waals surface area (Å²) in [5, 5.41) is 7.72. The van der Waals surface area contributed by atoms with Crippen molar-refractivity contribution in [3.63, 3.8) is 0 Å². The lowest BCUT2D eigenvalue weighted by molar-refractivity contribution is -0.136. The number of carboxylic acids is 1. The van der Waals surface area contributed by atoms with Crippen molar-refractivity contribution in [1.29, 1.82) is 0 Å². The van der Waals surface area contributed by atoms with Crippen LogP contribution in [0.5, 0.6) is 0 Å². The van der Waals surface area contributed by atoms with Gasteiger partial charge in [0.1, 0.15) is 0 Å². The number of terminal acetylenes is 1. The first kappa shape index (κ1) is 36.2. The Labute approximate surface area is 128 Å². The zero-order valence-corrected chi connectivity index (χ0v) is 11.5. The first-order valence-electron chi connectivity index (χ1n) is 5.69. The molecule has 20 heavy (non-hydrogen) atoms. The summed E-state index contributed by atoms with van der Waals surface area (Å²) in [6, 6.07) is 10.3. The first-order valence-corrected chi connectivity index (χ1v) is 5.69. The van der Waals surface area contributed by atoms with Gasteiger partial charge < -0.3 is 5.11 Å². The Kier molecular flexibility index (Phi) is 65.1. The number of rotatable bonds is 1. The molecule has 2 heteroatoms. The SMILES string of the molecule is C.C.C.C#CC.CC.CCC(=O)O.Cc1ccccc1. The van der Waals surface area contributed by atoms with E-state index >= 15 is 0 Å². The molecule has 1 rings (SSSR count). The first-order chi connectivity index (χ1) is 8.08. The highest BCUT2D eigenvalue weighted by molar-refractivity contribution is 5.66. The van der Waals surface area contributed by atoms with Crippen LogP contribution in [0.1, 0.15) is 62.0 Å². The van der Waals surface area contributed by atoms with Gasteiger partial charge in [-0.15, -0.1) is 12.3 Å². The van der Waals surface area contributed by atoms with Crippen LogP contribution in [0.15, 0.2) is 30.3 Å². The largest absolute Gasteiger partial charge is 0.481 e. The number of hydrogen-bond donors (Lipinski definition) is 1. The van der Waals surface area contributed by atoms with Crippen LogP contribution in [-0.2, 0) is 4.79 Å². The summed E-state index contributed by atoms with van der Waals surface area (Å²) >= 11 is 0. The summed E-state index contributed by atoms with van der Waals surface area (Å²) in [6.45, 7) is 9.34. The zero-order chi connectivity index (χ0) is 14.1. The molecule has 0 atom stereocenters. The van der Waals surface area contributed by atoms with Crippen LogP contribution in [0, 0.1) is 19.3 Å². The lowest BCUT2D eigenvalue weighted by Gasteiger charge is -1.82. The molecule has 0 saturated heterocycles. The van der Waals surface area contributed by atoms with Gasteiger partial charge in [-0.05, 0) is 13.8 Å². The number of benzene rings is 1. The molecular weight excluding hydrogens is 248 g/mol. The van der Waals surface area contributed by atoms with Crippen LogP contribution in [0.2, 0.25) is 0 Å². The van der Waals surface area contributed by atoms with Gasteiger partial charge in [-0.25, -0.2) is 0 Å². The van der Waals surface area contributed by atoms with Gasteiger partial charge >= 0.3 is 5.97 Å². The van der Waals surface area contributed by atoms with Crippen molar-refractivity contribution in [1.82, 2.24) is 0 Å². The van der Waals surface area contributed by atoms with Gasteiger partial charge in [0.15, 0.2) is 0 Å². The van der Waals surface area contributed by atoms with Gasteiger partial charge in [-0.2, -0.15) is 0 Å². The molecule has 2 nitrogen and oxygen atoms in total. The summed E-state index contributed by atoms with van der Waals surface area (Å²) in [7, 11) is 0. The lowest BCUT2D eigenvalue weighted by atomic mass is 10.2. The van der Waals surface area contributed by atoms with E-state index in [4.69, 9.17) is 5.11 Å². The molecule has 0 amide bonds. The van der Waals surface area contributed by atoms with Gasteiger partial charge in [-0.1, -0.05) is 78.9 Å². The van der Waals surface area contributed by atoms with Crippen LogP contribution < -0.4 is 0 Å². The second-order valence-electron chi connectivity index (χ2n) is 2.69. The maximum atomic E-state index is 9.37. The van der Waals surface area contributed by atoms with Crippen molar-refractivity contribution in [2.24, 2.45) is 0 Å². The van der Waals surface area contributed by atoms with Crippen LogP contribution in [0.4, 0.5) is 0 Å². The summed E-state index contributed by atoms with van der Waals surface area (Å²) < 4.78 is 0. The van der Waals surface area contributed by atoms with Crippen molar-refractivity contribution in [2.45, 2.75) is 63.3 Å². The van der Waals surface area contributed by atoms with Crippen molar-refractivity contribution in [2.75, 3.05) is 0 Å². The number of hydrogen-bond acceptors (Lipinski definition) is 1. The van der Waals surface area contributed by atoms with Gasteiger partial charge in [0.05, 0.1) is 0 Å². The molecule has 0 aliphatic carbocycles. The van der Waals surface area contributed by atoms with Gasteiger partial charge in [0.2, 0.25) is 0 Å². The number of aliphatic carboxylic acids is 1. The molecule has 0 spiro atoms. The fourth-order valence-electron chi connectivity index (χ4n) is 0.534. The van der Waals surface area contributed by atoms with E-state index < -0.39 is 5.97 Å². The third-order valence-electron chi connectivity index (χ3n) is 1.24. The number of carboxylic acid groups (broad SMARTS) is 1. The molecule has 0 radical (unpaired) electrons. The van der Waals surface area contributed by atoms with Crippen LogP contribution in [-0.4, -0.2) is 11.1 Å². The minimum atomic E-state index is -0.745. The van der Waals surface area contributed by atoms with Crippen molar-refractivity contribution in [3.05, 3.63) is 35.9 Å². The van der Waals surface area contributed by atoms with Gasteiger partial charge in [0.25, 0.3) is 0 Å². The molecule has 0 heterocycles. The third kappa shape index (κ3) is 55.5.